The van der Waals surface area contributed by atoms with Crippen LogP contribution in [0, 0.1) is 22.7 Å². The van der Waals surface area contributed by atoms with E-state index in [2.05, 4.69) is 38.9 Å². The van der Waals surface area contributed by atoms with Crippen molar-refractivity contribution in [2.45, 2.75) is 56.1 Å². The Balaban J connectivity index is 1.40. The highest BCUT2D eigenvalue weighted by Gasteiger charge is 2.53. The summed E-state index contributed by atoms with van der Waals surface area (Å²) in [6.07, 6.45) is 2.95. The number of carbonyl (C=O) groups excluding carboxylic acids is 2. The topological polar surface area (TPSA) is 158 Å². The third-order valence-electron chi connectivity index (χ3n) is 9.34. The summed E-state index contributed by atoms with van der Waals surface area (Å²) in [5.74, 6) is 1.27. The van der Waals surface area contributed by atoms with E-state index in [-0.39, 0.29) is 23.9 Å². The van der Waals surface area contributed by atoms with E-state index in [0.717, 1.165) is 35.1 Å². The largest absolute Gasteiger partial charge is 0.345 e. The van der Waals surface area contributed by atoms with Gasteiger partial charge in [0.05, 0.1) is 18.0 Å². The van der Waals surface area contributed by atoms with Crippen molar-refractivity contribution in [2.75, 3.05) is 34.7 Å². The number of aromatic amines is 1. The number of amidine groups is 1. The van der Waals surface area contributed by atoms with Crippen LogP contribution < -0.4 is 5.32 Å². The quantitative estimate of drug-likeness (QED) is 0.265. The van der Waals surface area contributed by atoms with Crippen molar-refractivity contribution in [1.82, 2.24) is 40.6 Å². The molecule has 0 radical (unpaired) electrons. The molecule has 1 aliphatic heterocycles. The first-order valence-electron chi connectivity index (χ1n) is 15.0. The number of nitrogens with one attached hydrogen (secondary N) is 3. The van der Waals surface area contributed by atoms with Crippen LogP contribution in [-0.2, 0) is 11.8 Å². The van der Waals surface area contributed by atoms with Crippen LogP contribution in [0.1, 0.15) is 75.0 Å². The van der Waals surface area contributed by atoms with Gasteiger partial charge in [0, 0.05) is 51.4 Å². The molecule has 1 saturated carbocycles. The number of hydrogen-bond donors (Lipinski definition) is 3. The number of likely N-dealkylation sites (tertiary alicyclic amines) is 1. The molecule has 2 aromatic carbocycles. The number of rotatable bonds is 8. The van der Waals surface area contributed by atoms with Crippen LogP contribution in [0.5, 0.6) is 0 Å². The van der Waals surface area contributed by atoms with Gasteiger partial charge in [0.1, 0.15) is 11.9 Å². The molecular weight excluding hydrogens is 556 g/mol. The van der Waals surface area contributed by atoms with E-state index < -0.39 is 5.41 Å². The van der Waals surface area contributed by atoms with Crippen LogP contribution in [0.2, 0.25) is 0 Å². The van der Waals surface area contributed by atoms with Gasteiger partial charge in [-0.05, 0) is 85.0 Å². The van der Waals surface area contributed by atoms with E-state index in [1.165, 1.54) is 0 Å². The van der Waals surface area contributed by atoms with E-state index in [0.29, 0.717) is 54.1 Å². The zero-order valence-corrected chi connectivity index (χ0v) is 25.8. The van der Waals surface area contributed by atoms with Crippen LogP contribution in [0.15, 0.2) is 36.4 Å². The predicted octanol–water partition coefficient (Wildman–Crippen LogP) is 2.17. The highest BCUT2D eigenvalue weighted by atomic mass is 16.2. The molecule has 12 heteroatoms. The number of benzene rings is 2. The first-order chi connectivity index (χ1) is 21.0. The number of fused-ring (bicyclic) bond motifs is 3. The maximum Gasteiger partial charge on any atom is 0.253 e. The molecule has 12 nitrogen and oxygen atoms in total. The first kappa shape index (κ1) is 29.4. The Morgan fingerprint density at radius 2 is 1.70 bits per heavy atom. The maximum absolute atomic E-state index is 13.0. The van der Waals surface area contributed by atoms with Crippen molar-refractivity contribution in [3.8, 4) is 6.07 Å². The Morgan fingerprint density at radius 3 is 2.23 bits per heavy atom. The van der Waals surface area contributed by atoms with Crippen molar-refractivity contribution in [2.24, 2.45) is 5.92 Å². The molecule has 0 spiro atoms. The van der Waals surface area contributed by atoms with Crippen molar-refractivity contribution < 1.29 is 9.59 Å². The minimum atomic E-state index is -0.853. The Morgan fingerprint density at radius 1 is 1.09 bits per heavy atom. The number of piperidine rings is 1. The number of nitrogens with zero attached hydrogens (tertiary/aromatic N) is 7. The van der Waals surface area contributed by atoms with Crippen molar-refractivity contribution in [1.29, 1.82) is 10.7 Å². The van der Waals surface area contributed by atoms with Crippen molar-refractivity contribution in [3.05, 3.63) is 75.6 Å². The summed E-state index contributed by atoms with van der Waals surface area (Å²) in [4.78, 5) is 31.0. The van der Waals surface area contributed by atoms with Crippen LogP contribution in [0.3, 0.4) is 0 Å². The Bertz CT molecular complexity index is 1590. The smallest absolute Gasteiger partial charge is 0.253 e. The van der Waals surface area contributed by atoms with Gasteiger partial charge < -0.3 is 20.0 Å². The summed E-state index contributed by atoms with van der Waals surface area (Å²) >= 11 is 0. The molecule has 3 aromatic rings. The lowest BCUT2D eigenvalue weighted by atomic mass is 9.62. The van der Waals surface area contributed by atoms with Gasteiger partial charge in [-0.1, -0.05) is 17.3 Å². The van der Waals surface area contributed by atoms with Gasteiger partial charge in [-0.15, -0.1) is 10.2 Å². The maximum atomic E-state index is 13.0. The molecule has 3 aliphatic rings. The number of H-pyrrole nitrogens is 1. The number of tetrazole rings is 1. The second-order valence-electron chi connectivity index (χ2n) is 12.7. The first-order valence-corrected chi connectivity index (χ1v) is 15.0. The van der Waals surface area contributed by atoms with Gasteiger partial charge in [0.25, 0.3) is 11.8 Å². The highest BCUT2D eigenvalue weighted by Crippen LogP contribution is 2.49. The minimum Gasteiger partial charge on any atom is -0.345 e. The number of carbonyl (C=O) groups is 2. The Labute approximate surface area is 256 Å². The molecule has 1 aromatic heterocycles. The summed E-state index contributed by atoms with van der Waals surface area (Å²) in [7, 11) is 6.93. The van der Waals surface area contributed by atoms with E-state index in [1.54, 1.807) is 38.0 Å². The van der Waals surface area contributed by atoms with Gasteiger partial charge >= 0.3 is 0 Å². The number of hydrogen-bond acceptors (Lipinski definition) is 8. The van der Waals surface area contributed by atoms with Crippen LogP contribution >= 0.6 is 0 Å². The zero-order chi connectivity index (χ0) is 31.3. The highest BCUT2D eigenvalue weighted by molar-refractivity contribution is 5.95. The number of amides is 2. The molecule has 1 saturated heterocycles. The standard InChI is InChI=1S/C32H38N10O2/c1-18(35-17-28(34)42-24(16-33)13-23-14-27(23)42)15-32(31-36-38-39-37-31)25-8-6-19(29(43)40(2)3)10-21(25)12-22-11-20(7-9-26(22)32)30(44)41(4)5/h6-11,18,23-24,27,34-35H,12-15,17H2,1-5H3,(H,36,37,38,39)/t18-,23-,24?,27+/m1/s1. The van der Waals surface area contributed by atoms with E-state index in [9.17, 15) is 14.9 Å². The lowest BCUT2D eigenvalue weighted by Crippen LogP contribution is -2.47. The lowest BCUT2D eigenvalue weighted by molar-refractivity contribution is 0.0820. The molecule has 44 heavy (non-hydrogen) atoms. The molecule has 1 unspecified atom stereocenters. The molecule has 2 amide bonds. The SMILES string of the molecule is C[C@H](CC1(c2nn[nH]n2)c2ccc(C(=O)N(C)C)cc2Cc2cc(C(=O)N(C)C)ccc21)NCC(=N)N1C(C#N)C[C@@H]2C[C@@H]21. The van der Waals surface area contributed by atoms with Gasteiger partial charge in [0.15, 0.2) is 5.82 Å². The molecule has 2 heterocycles. The van der Waals surface area contributed by atoms with Gasteiger partial charge in [-0.2, -0.15) is 10.5 Å². The molecule has 4 atom stereocenters. The molecule has 2 fully saturated rings. The van der Waals surface area contributed by atoms with Gasteiger partial charge in [0.2, 0.25) is 0 Å². The second kappa shape index (κ2) is 11.1. The molecule has 3 N–H and O–H groups in total. The number of aromatic nitrogens is 4. The van der Waals surface area contributed by atoms with Gasteiger partial charge in [-0.3, -0.25) is 15.0 Å². The zero-order valence-electron chi connectivity index (χ0n) is 25.8. The molecule has 2 aliphatic carbocycles. The van der Waals surface area contributed by atoms with Crippen LogP contribution in [0.25, 0.3) is 0 Å². The average Bonchev–Trinajstić information content (AvgIpc) is 3.38. The predicted molar refractivity (Wildman–Crippen MR) is 163 cm³/mol. The fourth-order valence-corrected chi connectivity index (χ4v) is 7.19. The molecule has 228 valence electrons. The van der Waals surface area contributed by atoms with Gasteiger partial charge in [-0.25, -0.2) is 0 Å². The molecular formula is C32H38N10O2. The van der Waals surface area contributed by atoms with Crippen molar-refractivity contribution in [3.63, 3.8) is 0 Å². The summed E-state index contributed by atoms with van der Waals surface area (Å²) in [6, 6.07) is 13.9. The summed E-state index contributed by atoms with van der Waals surface area (Å²) < 4.78 is 0. The minimum absolute atomic E-state index is 0.0932. The lowest BCUT2D eigenvalue weighted by Gasteiger charge is -2.41. The van der Waals surface area contributed by atoms with E-state index in [1.807, 2.05) is 41.3 Å². The summed E-state index contributed by atoms with van der Waals surface area (Å²) in [6.45, 7) is 2.40. The van der Waals surface area contributed by atoms with E-state index >= 15 is 0 Å². The normalized spacial score (nSPS) is 21.4. The second-order valence-corrected chi connectivity index (χ2v) is 12.7. The fourth-order valence-electron chi connectivity index (χ4n) is 7.19. The summed E-state index contributed by atoms with van der Waals surface area (Å²) in [5.41, 5.74) is 4.17. The van der Waals surface area contributed by atoms with Crippen LogP contribution in [0.4, 0.5) is 0 Å². The fraction of sp³-hybridized carbons (Fsp3) is 0.469. The Kier molecular flexibility index (Phi) is 7.45. The summed E-state index contributed by atoms with van der Waals surface area (Å²) in [5, 5.41) is 37.6. The third kappa shape index (κ3) is 4.91. The number of nitriles is 1. The third-order valence-corrected chi connectivity index (χ3v) is 9.34. The molecule has 6 rings (SSSR count). The van der Waals surface area contributed by atoms with E-state index in [4.69, 9.17) is 5.41 Å². The van der Waals surface area contributed by atoms with Crippen molar-refractivity contribution >= 4 is 17.6 Å². The monoisotopic (exact) mass is 594 g/mol. The average molecular weight is 595 g/mol. The Hall–Kier alpha value is -4.63. The van der Waals surface area contributed by atoms with Crippen LogP contribution in [-0.4, -0.2) is 106 Å². The molecule has 0 bridgehead atoms.